The Bertz CT molecular complexity index is 829. The van der Waals surface area contributed by atoms with Crippen LogP contribution in [-0.2, 0) is 13.0 Å². The summed E-state index contributed by atoms with van der Waals surface area (Å²) < 4.78 is 2.42. The monoisotopic (exact) mass is 307 g/mol. The molecule has 5 rings (SSSR count). The Balaban J connectivity index is 1.48. The molecule has 2 aliphatic rings. The third kappa shape index (κ3) is 2.18. The molecule has 1 saturated carbocycles. The van der Waals surface area contributed by atoms with E-state index in [0.717, 1.165) is 43.2 Å². The van der Waals surface area contributed by atoms with Crippen LogP contribution >= 0.6 is 0 Å². The highest BCUT2D eigenvalue weighted by atomic mass is 15.2. The quantitative estimate of drug-likeness (QED) is 0.792. The van der Waals surface area contributed by atoms with E-state index in [2.05, 4.69) is 37.9 Å². The van der Waals surface area contributed by atoms with E-state index in [1.807, 2.05) is 12.4 Å². The standard InChI is InChI=1S/C18H21N5/c1-2-15(3-1)22-7-6-18-21-16-10-13(14-11-19-20-12-14)4-5-17(16)23(18)9-8-22/h4-5,10-12,15H,1-3,6-9H2,(H,19,20). The van der Waals surface area contributed by atoms with E-state index in [1.165, 1.54) is 36.2 Å². The molecule has 0 bridgehead atoms. The lowest BCUT2D eigenvalue weighted by Gasteiger charge is -2.36. The van der Waals surface area contributed by atoms with Gasteiger partial charge in [-0.15, -0.1) is 0 Å². The van der Waals surface area contributed by atoms with E-state index >= 15 is 0 Å². The van der Waals surface area contributed by atoms with Gasteiger partial charge in [0, 0.05) is 43.9 Å². The molecule has 0 spiro atoms. The molecule has 1 aliphatic heterocycles. The minimum Gasteiger partial charge on any atom is -0.327 e. The highest BCUT2D eigenvalue weighted by Gasteiger charge is 2.27. The molecule has 0 saturated heterocycles. The van der Waals surface area contributed by atoms with Crippen LogP contribution in [0.3, 0.4) is 0 Å². The SMILES string of the molecule is c1cc2c(cc1-c1cn[nH]c1)nc1n2CCN(C2CCC2)CC1. The van der Waals surface area contributed by atoms with E-state index < -0.39 is 0 Å². The van der Waals surface area contributed by atoms with Crippen molar-refractivity contribution in [3.8, 4) is 11.1 Å². The van der Waals surface area contributed by atoms with Crippen LogP contribution in [0.25, 0.3) is 22.2 Å². The Morgan fingerprint density at radius 1 is 1.09 bits per heavy atom. The summed E-state index contributed by atoms with van der Waals surface area (Å²) in [7, 11) is 0. The molecule has 1 aliphatic carbocycles. The third-order valence-corrected chi connectivity index (χ3v) is 5.48. The normalized spacial score (nSPS) is 19.5. The molecule has 5 heteroatoms. The molecule has 2 aromatic heterocycles. The van der Waals surface area contributed by atoms with Crippen LogP contribution in [0.5, 0.6) is 0 Å². The van der Waals surface area contributed by atoms with Gasteiger partial charge in [0.2, 0.25) is 0 Å². The summed E-state index contributed by atoms with van der Waals surface area (Å²) in [6.45, 7) is 3.38. The van der Waals surface area contributed by atoms with Crippen molar-refractivity contribution in [1.82, 2.24) is 24.6 Å². The molecular weight excluding hydrogens is 286 g/mol. The molecule has 0 atom stereocenters. The Morgan fingerprint density at radius 2 is 2.04 bits per heavy atom. The van der Waals surface area contributed by atoms with Gasteiger partial charge in [-0.1, -0.05) is 12.5 Å². The first kappa shape index (κ1) is 13.3. The van der Waals surface area contributed by atoms with Crippen LogP contribution < -0.4 is 0 Å². The van der Waals surface area contributed by atoms with Crippen molar-refractivity contribution < 1.29 is 0 Å². The number of imidazole rings is 1. The van der Waals surface area contributed by atoms with Crippen LogP contribution in [0.15, 0.2) is 30.6 Å². The molecule has 3 aromatic rings. The number of aromatic nitrogens is 4. The number of hydrogen-bond acceptors (Lipinski definition) is 3. The fraction of sp³-hybridized carbons (Fsp3) is 0.444. The molecule has 118 valence electrons. The van der Waals surface area contributed by atoms with E-state index in [9.17, 15) is 0 Å². The smallest absolute Gasteiger partial charge is 0.111 e. The van der Waals surface area contributed by atoms with E-state index in [4.69, 9.17) is 4.98 Å². The molecule has 3 heterocycles. The van der Waals surface area contributed by atoms with Gasteiger partial charge >= 0.3 is 0 Å². The van der Waals surface area contributed by atoms with Crippen LogP contribution in [0.2, 0.25) is 0 Å². The van der Waals surface area contributed by atoms with Gasteiger partial charge in [-0.05, 0) is 30.5 Å². The summed E-state index contributed by atoms with van der Waals surface area (Å²) >= 11 is 0. The first-order valence-electron chi connectivity index (χ1n) is 8.61. The fourth-order valence-electron chi connectivity index (χ4n) is 3.91. The Hall–Kier alpha value is -2.14. The molecule has 0 amide bonds. The molecular formula is C18H21N5. The molecule has 1 N–H and O–H groups in total. The number of nitrogens with zero attached hydrogens (tertiary/aromatic N) is 4. The zero-order valence-electron chi connectivity index (χ0n) is 13.2. The van der Waals surface area contributed by atoms with Gasteiger partial charge in [0.25, 0.3) is 0 Å². The van der Waals surface area contributed by atoms with Gasteiger partial charge in [0.15, 0.2) is 0 Å². The van der Waals surface area contributed by atoms with Crippen molar-refractivity contribution in [2.24, 2.45) is 0 Å². The number of rotatable bonds is 2. The Kier molecular flexibility index (Phi) is 3.01. The molecule has 0 radical (unpaired) electrons. The Labute approximate surface area is 135 Å². The number of fused-ring (bicyclic) bond motifs is 3. The zero-order chi connectivity index (χ0) is 15.2. The zero-order valence-corrected chi connectivity index (χ0v) is 13.2. The topological polar surface area (TPSA) is 49.7 Å². The van der Waals surface area contributed by atoms with Crippen LogP contribution in [-0.4, -0.2) is 43.8 Å². The number of hydrogen-bond donors (Lipinski definition) is 1. The van der Waals surface area contributed by atoms with Crippen molar-refractivity contribution >= 4 is 11.0 Å². The van der Waals surface area contributed by atoms with E-state index in [1.54, 1.807) is 0 Å². The van der Waals surface area contributed by atoms with Crippen LogP contribution in [0.1, 0.15) is 25.1 Å². The van der Waals surface area contributed by atoms with E-state index in [0.29, 0.717) is 0 Å². The first-order valence-corrected chi connectivity index (χ1v) is 8.61. The van der Waals surface area contributed by atoms with Gasteiger partial charge < -0.3 is 4.57 Å². The average molecular weight is 307 g/mol. The summed E-state index contributed by atoms with van der Waals surface area (Å²) in [5.74, 6) is 1.24. The lowest BCUT2D eigenvalue weighted by atomic mass is 9.91. The van der Waals surface area contributed by atoms with Crippen LogP contribution in [0.4, 0.5) is 0 Å². The summed E-state index contributed by atoms with van der Waals surface area (Å²) in [5, 5.41) is 6.92. The predicted octanol–water partition coefficient (Wildman–Crippen LogP) is 2.84. The minimum atomic E-state index is 0.832. The van der Waals surface area contributed by atoms with Crippen molar-refractivity contribution in [2.75, 3.05) is 13.1 Å². The molecule has 0 unspecified atom stereocenters. The maximum Gasteiger partial charge on any atom is 0.111 e. The number of benzene rings is 1. The molecule has 5 nitrogen and oxygen atoms in total. The summed E-state index contributed by atoms with van der Waals surface area (Å²) in [6.07, 6.45) is 9.03. The number of aromatic amines is 1. The minimum absolute atomic E-state index is 0.832. The van der Waals surface area contributed by atoms with Gasteiger partial charge in [-0.2, -0.15) is 5.10 Å². The lowest BCUT2D eigenvalue weighted by molar-refractivity contribution is 0.130. The van der Waals surface area contributed by atoms with Crippen molar-refractivity contribution in [2.45, 2.75) is 38.3 Å². The predicted molar refractivity (Wildman–Crippen MR) is 90.2 cm³/mol. The van der Waals surface area contributed by atoms with Crippen molar-refractivity contribution in [3.05, 3.63) is 36.4 Å². The summed E-state index contributed by atoms with van der Waals surface area (Å²) in [4.78, 5) is 7.60. The summed E-state index contributed by atoms with van der Waals surface area (Å²) in [5.41, 5.74) is 4.67. The number of nitrogens with one attached hydrogen (secondary N) is 1. The van der Waals surface area contributed by atoms with Gasteiger partial charge in [-0.3, -0.25) is 10.00 Å². The average Bonchev–Trinajstić information content (AvgIpc) is 3.11. The highest BCUT2D eigenvalue weighted by molar-refractivity contribution is 5.82. The van der Waals surface area contributed by atoms with Gasteiger partial charge in [0.1, 0.15) is 5.82 Å². The molecule has 1 aromatic carbocycles. The second-order valence-electron chi connectivity index (χ2n) is 6.74. The largest absolute Gasteiger partial charge is 0.327 e. The van der Waals surface area contributed by atoms with Gasteiger partial charge in [-0.25, -0.2) is 4.98 Å². The second kappa shape index (κ2) is 5.20. The Morgan fingerprint density at radius 3 is 2.83 bits per heavy atom. The maximum atomic E-state index is 4.93. The first-order chi connectivity index (χ1) is 11.4. The third-order valence-electron chi connectivity index (χ3n) is 5.48. The number of H-pyrrole nitrogens is 1. The van der Waals surface area contributed by atoms with Crippen molar-refractivity contribution in [1.29, 1.82) is 0 Å². The van der Waals surface area contributed by atoms with Gasteiger partial charge in [0.05, 0.1) is 17.2 Å². The molecule has 23 heavy (non-hydrogen) atoms. The highest BCUT2D eigenvalue weighted by Crippen LogP contribution is 2.28. The van der Waals surface area contributed by atoms with Crippen LogP contribution in [0, 0.1) is 0 Å². The fourth-order valence-corrected chi connectivity index (χ4v) is 3.91. The second-order valence-corrected chi connectivity index (χ2v) is 6.74. The van der Waals surface area contributed by atoms with E-state index in [-0.39, 0.29) is 0 Å². The van der Waals surface area contributed by atoms with Crippen molar-refractivity contribution in [3.63, 3.8) is 0 Å². The lowest BCUT2D eigenvalue weighted by Crippen LogP contribution is -2.41. The maximum absolute atomic E-state index is 4.93. The molecule has 1 fully saturated rings. The summed E-state index contributed by atoms with van der Waals surface area (Å²) in [6, 6.07) is 7.41.